The van der Waals surface area contributed by atoms with Gasteiger partial charge in [0.15, 0.2) is 0 Å². The molecule has 1 amide bonds. The summed E-state index contributed by atoms with van der Waals surface area (Å²) in [6, 6.07) is 12.3. The van der Waals surface area contributed by atoms with Crippen LogP contribution in [0.1, 0.15) is 11.1 Å². The summed E-state index contributed by atoms with van der Waals surface area (Å²) < 4.78 is 27.0. The summed E-state index contributed by atoms with van der Waals surface area (Å²) in [5, 5.41) is 3.32. The molecular weight excluding hydrogens is 398 g/mol. The zero-order valence-corrected chi connectivity index (χ0v) is 17.6. The normalized spacial score (nSPS) is 16.1. The average Bonchev–Trinajstić information content (AvgIpc) is 2.65. The molecule has 0 radical (unpaired) electrons. The molecule has 0 bridgehead atoms. The van der Waals surface area contributed by atoms with Crippen LogP contribution in [-0.4, -0.2) is 56.3 Å². The van der Waals surface area contributed by atoms with Crippen molar-refractivity contribution in [1.82, 2.24) is 9.21 Å². The molecule has 8 heteroatoms. The van der Waals surface area contributed by atoms with Crippen molar-refractivity contribution < 1.29 is 13.2 Å². The van der Waals surface area contributed by atoms with Crippen LogP contribution in [0.25, 0.3) is 0 Å². The van der Waals surface area contributed by atoms with Crippen LogP contribution >= 0.6 is 11.6 Å². The fraction of sp³-hybridized carbons (Fsp3) is 0.350. The Morgan fingerprint density at radius 2 is 1.61 bits per heavy atom. The highest BCUT2D eigenvalue weighted by atomic mass is 35.5. The standard InChI is InChI=1S/C20H24ClN3O3S/c1-15-3-6-17(7-4-15)28(26,27)24-11-9-23(10-12-24)14-20(25)22-19-8-5-16(2)13-18(19)21/h3-8,13H,9-12,14H2,1-2H3,(H,22,25). The zero-order chi connectivity index (χ0) is 20.3. The largest absolute Gasteiger partial charge is 0.324 e. The molecule has 1 aliphatic rings. The van der Waals surface area contributed by atoms with Gasteiger partial charge in [0.1, 0.15) is 0 Å². The van der Waals surface area contributed by atoms with Gasteiger partial charge in [-0.05, 0) is 43.7 Å². The maximum atomic E-state index is 12.7. The van der Waals surface area contributed by atoms with E-state index in [1.165, 1.54) is 4.31 Å². The molecular formula is C20H24ClN3O3S. The third-order valence-electron chi connectivity index (χ3n) is 4.76. The van der Waals surface area contributed by atoms with Crippen LogP contribution in [0.4, 0.5) is 5.69 Å². The molecule has 150 valence electrons. The molecule has 28 heavy (non-hydrogen) atoms. The number of rotatable bonds is 5. The fourth-order valence-corrected chi connectivity index (χ4v) is 4.81. The maximum absolute atomic E-state index is 12.7. The third-order valence-corrected chi connectivity index (χ3v) is 6.98. The number of nitrogens with one attached hydrogen (secondary N) is 1. The Labute approximate surface area is 171 Å². The van der Waals surface area contributed by atoms with Gasteiger partial charge in [-0.25, -0.2) is 8.42 Å². The predicted molar refractivity (Wildman–Crippen MR) is 111 cm³/mol. The van der Waals surface area contributed by atoms with Crippen molar-refractivity contribution in [2.75, 3.05) is 38.0 Å². The van der Waals surface area contributed by atoms with E-state index in [9.17, 15) is 13.2 Å². The number of benzene rings is 2. The Bertz CT molecular complexity index is 953. The van der Waals surface area contributed by atoms with E-state index in [-0.39, 0.29) is 12.5 Å². The van der Waals surface area contributed by atoms with Crippen molar-refractivity contribution in [1.29, 1.82) is 0 Å². The first-order chi connectivity index (χ1) is 13.3. The molecule has 0 atom stereocenters. The number of aryl methyl sites for hydroxylation is 2. The Kier molecular flexibility index (Phi) is 6.40. The molecule has 1 heterocycles. The van der Waals surface area contributed by atoms with Crippen molar-refractivity contribution in [2.24, 2.45) is 0 Å². The van der Waals surface area contributed by atoms with Gasteiger partial charge >= 0.3 is 0 Å². The van der Waals surface area contributed by atoms with Crippen molar-refractivity contribution in [3.63, 3.8) is 0 Å². The van der Waals surface area contributed by atoms with Crippen molar-refractivity contribution in [3.05, 3.63) is 58.6 Å². The second kappa shape index (κ2) is 8.61. The molecule has 2 aromatic carbocycles. The van der Waals surface area contributed by atoms with Gasteiger partial charge in [0.2, 0.25) is 15.9 Å². The number of carbonyl (C=O) groups excluding carboxylic acids is 1. The lowest BCUT2D eigenvalue weighted by Crippen LogP contribution is -2.50. The number of anilines is 1. The topological polar surface area (TPSA) is 69.7 Å². The molecule has 0 aliphatic carbocycles. The molecule has 0 unspecified atom stereocenters. The van der Waals surface area contributed by atoms with Crippen molar-refractivity contribution in [2.45, 2.75) is 18.7 Å². The Morgan fingerprint density at radius 1 is 1.00 bits per heavy atom. The van der Waals surface area contributed by atoms with Crippen LogP contribution in [0, 0.1) is 13.8 Å². The summed E-state index contributed by atoms with van der Waals surface area (Å²) in [7, 11) is -3.50. The minimum Gasteiger partial charge on any atom is -0.324 e. The molecule has 6 nitrogen and oxygen atoms in total. The van der Waals surface area contributed by atoms with Crippen LogP contribution in [0.5, 0.6) is 0 Å². The number of nitrogens with zero attached hydrogens (tertiary/aromatic N) is 2. The minimum absolute atomic E-state index is 0.166. The van der Waals surface area contributed by atoms with E-state index < -0.39 is 10.0 Å². The lowest BCUT2D eigenvalue weighted by Gasteiger charge is -2.33. The monoisotopic (exact) mass is 421 g/mol. The van der Waals surface area contributed by atoms with Gasteiger partial charge in [0.05, 0.1) is 22.2 Å². The average molecular weight is 422 g/mol. The first-order valence-electron chi connectivity index (χ1n) is 9.11. The number of sulfonamides is 1. The SMILES string of the molecule is Cc1ccc(S(=O)(=O)N2CCN(CC(=O)Nc3ccc(C)cc3Cl)CC2)cc1. The van der Waals surface area contributed by atoms with Gasteiger partial charge in [-0.1, -0.05) is 35.4 Å². The number of hydrogen-bond donors (Lipinski definition) is 1. The van der Waals surface area contributed by atoms with E-state index in [0.717, 1.165) is 11.1 Å². The highest BCUT2D eigenvalue weighted by Crippen LogP contribution is 2.23. The number of halogens is 1. The molecule has 3 rings (SSSR count). The lowest BCUT2D eigenvalue weighted by atomic mass is 10.2. The minimum atomic E-state index is -3.50. The van der Waals surface area contributed by atoms with Crippen molar-refractivity contribution >= 4 is 33.2 Å². The Morgan fingerprint density at radius 3 is 2.21 bits per heavy atom. The molecule has 0 aromatic heterocycles. The maximum Gasteiger partial charge on any atom is 0.243 e. The van der Waals surface area contributed by atoms with E-state index in [2.05, 4.69) is 5.32 Å². The van der Waals surface area contributed by atoms with Crippen LogP contribution in [-0.2, 0) is 14.8 Å². The quantitative estimate of drug-likeness (QED) is 0.805. The molecule has 1 saturated heterocycles. The summed E-state index contributed by atoms with van der Waals surface area (Å²) in [5.74, 6) is -0.166. The van der Waals surface area contributed by atoms with E-state index in [0.29, 0.717) is 41.8 Å². The van der Waals surface area contributed by atoms with Gasteiger partial charge in [-0.15, -0.1) is 0 Å². The summed E-state index contributed by atoms with van der Waals surface area (Å²) in [6.45, 7) is 5.76. The smallest absolute Gasteiger partial charge is 0.243 e. The van der Waals surface area contributed by atoms with E-state index >= 15 is 0 Å². The van der Waals surface area contributed by atoms with Crippen LogP contribution < -0.4 is 5.32 Å². The van der Waals surface area contributed by atoms with E-state index in [1.807, 2.05) is 24.8 Å². The first kappa shape index (κ1) is 20.8. The zero-order valence-electron chi connectivity index (χ0n) is 16.0. The number of piperazine rings is 1. The Hall–Kier alpha value is -1.93. The molecule has 2 aromatic rings. The first-order valence-corrected chi connectivity index (χ1v) is 10.9. The fourth-order valence-electron chi connectivity index (χ4n) is 3.10. The summed E-state index contributed by atoms with van der Waals surface area (Å²) in [5.41, 5.74) is 2.62. The van der Waals surface area contributed by atoms with Crippen LogP contribution in [0.15, 0.2) is 47.4 Å². The number of amides is 1. The number of hydrogen-bond acceptors (Lipinski definition) is 4. The van der Waals surface area contributed by atoms with Crippen LogP contribution in [0.3, 0.4) is 0 Å². The van der Waals surface area contributed by atoms with E-state index in [4.69, 9.17) is 11.6 Å². The molecule has 1 fully saturated rings. The molecule has 0 spiro atoms. The Balaban J connectivity index is 1.55. The molecule has 1 aliphatic heterocycles. The van der Waals surface area contributed by atoms with Crippen molar-refractivity contribution in [3.8, 4) is 0 Å². The summed E-state index contributed by atoms with van der Waals surface area (Å²) in [6.07, 6.45) is 0. The predicted octanol–water partition coefficient (Wildman–Crippen LogP) is 2.90. The lowest BCUT2D eigenvalue weighted by molar-refractivity contribution is -0.117. The van der Waals surface area contributed by atoms with E-state index in [1.54, 1.807) is 36.4 Å². The number of carbonyl (C=O) groups is 1. The van der Waals surface area contributed by atoms with Gasteiger partial charge in [0, 0.05) is 26.2 Å². The summed E-state index contributed by atoms with van der Waals surface area (Å²) in [4.78, 5) is 14.6. The highest BCUT2D eigenvalue weighted by molar-refractivity contribution is 7.89. The van der Waals surface area contributed by atoms with Gasteiger partial charge in [-0.3, -0.25) is 9.69 Å². The van der Waals surface area contributed by atoms with Gasteiger partial charge in [-0.2, -0.15) is 4.31 Å². The molecule has 1 N–H and O–H groups in total. The third kappa shape index (κ3) is 4.91. The summed E-state index contributed by atoms with van der Waals surface area (Å²) >= 11 is 6.15. The second-order valence-electron chi connectivity index (χ2n) is 7.02. The molecule has 0 saturated carbocycles. The second-order valence-corrected chi connectivity index (χ2v) is 9.37. The highest BCUT2D eigenvalue weighted by Gasteiger charge is 2.29. The van der Waals surface area contributed by atoms with Gasteiger partial charge < -0.3 is 5.32 Å². The van der Waals surface area contributed by atoms with Gasteiger partial charge in [0.25, 0.3) is 0 Å². The van der Waals surface area contributed by atoms with Crippen LogP contribution in [0.2, 0.25) is 5.02 Å².